The largest absolute Gasteiger partial charge is 0.384 e. The molecule has 1 aromatic carbocycles. The zero-order valence-electron chi connectivity index (χ0n) is 7.53. The maximum atomic E-state index is 7.43. The molecule has 14 heavy (non-hydrogen) atoms. The number of amidine groups is 1. The second-order valence-electron chi connectivity index (χ2n) is 2.94. The molecule has 1 heterocycles. The van der Waals surface area contributed by atoms with Crippen molar-refractivity contribution >= 4 is 17.2 Å². The van der Waals surface area contributed by atoms with E-state index >= 15 is 0 Å². The number of nitrogen functional groups attached to an aromatic ring is 1. The van der Waals surface area contributed by atoms with Gasteiger partial charge in [-0.05, 0) is 17.0 Å². The lowest BCUT2D eigenvalue weighted by Gasteiger charge is -2.01. The van der Waals surface area contributed by atoms with E-state index in [1.807, 2.05) is 41.8 Å². The molecule has 3 N–H and O–H groups in total. The third-order valence-electron chi connectivity index (χ3n) is 1.99. The van der Waals surface area contributed by atoms with Crippen LogP contribution in [0.1, 0.15) is 5.56 Å². The first kappa shape index (κ1) is 8.97. The monoisotopic (exact) mass is 202 g/mol. The highest BCUT2D eigenvalue weighted by Gasteiger charge is 2.07. The number of thiophene rings is 1. The van der Waals surface area contributed by atoms with Crippen LogP contribution in [0, 0.1) is 5.41 Å². The maximum absolute atomic E-state index is 7.43. The molecule has 0 unspecified atom stereocenters. The minimum Gasteiger partial charge on any atom is -0.384 e. The summed E-state index contributed by atoms with van der Waals surface area (Å²) in [6.07, 6.45) is 0. The van der Waals surface area contributed by atoms with Gasteiger partial charge in [-0.1, -0.05) is 30.3 Å². The number of rotatable bonds is 2. The van der Waals surface area contributed by atoms with Crippen molar-refractivity contribution in [1.29, 1.82) is 5.41 Å². The average Bonchev–Trinajstić information content (AvgIpc) is 2.67. The lowest BCUT2D eigenvalue weighted by molar-refractivity contribution is 1.44. The molecule has 0 amide bonds. The second kappa shape index (κ2) is 3.64. The first-order valence-corrected chi connectivity index (χ1v) is 5.14. The van der Waals surface area contributed by atoms with Crippen molar-refractivity contribution in [3.8, 4) is 10.4 Å². The van der Waals surface area contributed by atoms with E-state index < -0.39 is 0 Å². The van der Waals surface area contributed by atoms with Crippen molar-refractivity contribution in [3.05, 3.63) is 47.3 Å². The van der Waals surface area contributed by atoms with E-state index in [0.717, 1.165) is 16.0 Å². The van der Waals surface area contributed by atoms with Gasteiger partial charge in [0.2, 0.25) is 0 Å². The molecule has 3 heteroatoms. The molecule has 0 aliphatic rings. The second-order valence-corrected chi connectivity index (χ2v) is 3.86. The molecule has 0 spiro atoms. The molecule has 0 saturated heterocycles. The van der Waals surface area contributed by atoms with Crippen LogP contribution in [0.2, 0.25) is 0 Å². The van der Waals surface area contributed by atoms with E-state index in [9.17, 15) is 0 Å². The molecular formula is C11H10N2S. The highest BCUT2D eigenvalue weighted by atomic mass is 32.1. The minimum atomic E-state index is 0.130. The van der Waals surface area contributed by atoms with Crippen LogP contribution in [0.15, 0.2) is 41.8 Å². The van der Waals surface area contributed by atoms with Crippen molar-refractivity contribution in [2.24, 2.45) is 5.73 Å². The van der Waals surface area contributed by atoms with Gasteiger partial charge in [0.25, 0.3) is 0 Å². The molecule has 2 aromatic rings. The number of hydrogen-bond donors (Lipinski definition) is 2. The Kier molecular flexibility index (Phi) is 2.33. The molecule has 2 rings (SSSR count). The summed E-state index contributed by atoms with van der Waals surface area (Å²) in [7, 11) is 0. The molecule has 0 saturated carbocycles. The van der Waals surface area contributed by atoms with E-state index in [2.05, 4.69) is 0 Å². The van der Waals surface area contributed by atoms with Gasteiger partial charge in [-0.25, -0.2) is 0 Å². The Morgan fingerprint density at radius 3 is 2.50 bits per heavy atom. The van der Waals surface area contributed by atoms with Gasteiger partial charge in [0.15, 0.2) is 0 Å². The van der Waals surface area contributed by atoms with Gasteiger partial charge in [0.1, 0.15) is 5.84 Å². The average molecular weight is 202 g/mol. The van der Waals surface area contributed by atoms with Crippen molar-refractivity contribution in [1.82, 2.24) is 0 Å². The zero-order chi connectivity index (χ0) is 9.97. The Morgan fingerprint density at radius 2 is 1.86 bits per heavy atom. The standard InChI is InChI=1S/C11H10N2S/c12-11(13)9-6-7-14-10(9)8-4-2-1-3-5-8/h1-7H,(H3,12,13). The Labute approximate surface area is 86.5 Å². The highest BCUT2D eigenvalue weighted by molar-refractivity contribution is 7.14. The Morgan fingerprint density at radius 1 is 1.14 bits per heavy atom. The van der Waals surface area contributed by atoms with Gasteiger partial charge in [-0.2, -0.15) is 0 Å². The molecule has 1 aromatic heterocycles. The fourth-order valence-electron chi connectivity index (χ4n) is 1.33. The predicted molar refractivity (Wildman–Crippen MR) is 60.8 cm³/mol. The van der Waals surface area contributed by atoms with Gasteiger partial charge in [-0.15, -0.1) is 11.3 Å². The summed E-state index contributed by atoms with van der Waals surface area (Å²) < 4.78 is 0. The molecule has 0 radical (unpaired) electrons. The third-order valence-corrected chi connectivity index (χ3v) is 2.95. The first-order valence-electron chi connectivity index (χ1n) is 4.26. The molecule has 0 aliphatic carbocycles. The van der Waals surface area contributed by atoms with Crippen LogP contribution in [-0.4, -0.2) is 5.84 Å². The van der Waals surface area contributed by atoms with Gasteiger partial charge >= 0.3 is 0 Å². The van der Waals surface area contributed by atoms with E-state index in [0.29, 0.717) is 0 Å². The van der Waals surface area contributed by atoms with Gasteiger partial charge in [0, 0.05) is 10.4 Å². The van der Waals surface area contributed by atoms with Crippen molar-refractivity contribution < 1.29 is 0 Å². The molecule has 0 bridgehead atoms. The maximum Gasteiger partial charge on any atom is 0.124 e. The topological polar surface area (TPSA) is 49.9 Å². The van der Waals surface area contributed by atoms with Gasteiger partial charge in [0.05, 0.1) is 0 Å². The summed E-state index contributed by atoms with van der Waals surface area (Å²) in [5.74, 6) is 0.130. The fraction of sp³-hybridized carbons (Fsp3) is 0. The first-order chi connectivity index (χ1) is 6.79. The molecule has 0 atom stereocenters. The lowest BCUT2D eigenvalue weighted by Crippen LogP contribution is -2.10. The SMILES string of the molecule is N=C(N)c1ccsc1-c1ccccc1. The van der Waals surface area contributed by atoms with Crippen LogP contribution < -0.4 is 5.73 Å². The Hall–Kier alpha value is -1.61. The van der Waals surface area contributed by atoms with Crippen LogP contribution in [0.3, 0.4) is 0 Å². The highest BCUT2D eigenvalue weighted by Crippen LogP contribution is 2.28. The van der Waals surface area contributed by atoms with Gasteiger partial charge < -0.3 is 5.73 Å². The summed E-state index contributed by atoms with van der Waals surface area (Å²) in [6, 6.07) is 11.9. The van der Waals surface area contributed by atoms with Crippen LogP contribution >= 0.6 is 11.3 Å². The minimum absolute atomic E-state index is 0.130. The normalized spacial score (nSPS) is 10.0. The molecule has 70 valence electrons. The summed E-state index contributed by atoms with van der Waals surface area (Å²) in [5, 5.41) is 9.38. The fourth-order valence-corrected chi connectivity index (χ4v) is 2.25. The zero-order valence-corrected chi connectivity index (χ0v) is 8.34. The summed E-state index contributed by atoms with van der Waals surface area (Å²) >= 11 is 1.61. The molecule has 0 aliphatic heterocycles. The van der Waals surface area contributed by atoms with E-state index in [1.54, 1.807) is 11.3 Å². The van der Waals surface area contributed by atoms with E-state index in [1.165, 1.54) is 0 Å². The number of nitrogens with two attached hydrogens (primary N) is 1. The van der Waals surface area contributed by atoms with Crippen molar-refractivity contribution in [2.45, 2.75) is 0 Å². The quantitative estimate of drug-likeness (QED) is 0.571. The van der Waals surface area contributed by atoms with Gasteiger partial charge in [-0.3, -0.25) is 5.41 Å². The van der Waals surface area contributed by atoms with Crippen LogP contribution in [-0.2, 0) is 0 Å². The Bertz CT molecular complexity index is 445. The number of nitrogens with one attached hydrogen (secondary N) is 1. The van der Waals surface area contributed by atoms with Crippen molar-refractivity contribution in [2.75, 3.05) is 0 Å². The predicted octanol–water partition coefficient (Wildman–Crippen LogP) is 2.70. The van der Waals surface area contributed by atoms with E-state index in [-0.39, 0.29) is 5.84 Å². The van der Waals surface area contributed by atoms with E-state index in [4.69, 9.17) is 11.1 Å². The Balaban J connectivity index is 2.52. The summed E-state index contributed by atoms with van der Waals surface area (Å²) in [6.45, 7) is 0. The number of benzene rings is 1. The summed E-state index contributed by atoms with van der Waals surface area (Å²) in [5.41, 5.74) is 7.43. The molecule has 0 fully saturated rings. The van der Waals surface area contributed by atoms with Crippen molar-refractivity contribution in [3.63, 3.8) is 0 Å². The van der Waals surface area contributed by atoms with Crippen LogP contribution in [0.5, 0.6) is 0 Å². The summed E-state index contributed by atoms with van der Waals surface area (Å²) in [4.78, 5) is 1.07. The number of hydrogen-bond acceptors (Lipinski definition) is 2. The molecular weight excluding hydrogens is 192 g/mol. The lowest BCUT2D eigenvalue weighted by atomic mass is 10.1. The third kappa shape index (κ3) is 1.54. The molecule has 2 nitrogen and oxygen atoms in total. The van der Waals surface area contributed by atoms with Crippen LogP contribution in [0.25, 0.3) is 10.4 Å². The smallest absolute Gasteiger partial charge is 0.124 e. The van der Waals surface area contributed by atoms with Crippen LogP contribution in [0.4, 0.5) is 0 Å².